The summed E-state index contributed by atoms with van der Waals surface area (Å²) in [6.45, 7) is 0. The molecule has 4 nitrogen and oxygen atoms in total. The second-order valence-electron chi connectivity index (χ2n) is 5.35. The van der Waals surface area contributed by atoms with Gasteiger partial charge >= 0.3 is 0 Å². The number of fused-ring (bicyclic) bond motifs is 3. The largest absolute Gasteiger partial charge is 0.449 e. The van der Waals surface area contributed by atoms with Gasteiger partial charge in [0.1, 0.15) is 11.1 Å². The van der Waals surface area contributed by atoms with Crippen LogP contribution >= 0.6 is 12.2 Å². The minimum atomic E-state index is -0.105. The van der Waals surface area contributed by atoms with Crippen molar-refractivity contribution in [3.05, 3.63) is 39.4 Å². The molecule has 1 aliphatic carbocycles. The molecule has 0 atom stereocenters. The fraction of sp³-hybridized carbons (Fsp3) is 0.333. The number of aromatic nitrogens is 2. The van der Waals surface area contributed by atoms with Crippen LogP contribution in [0.2, 0.25) is 0 Å². The van der Waals surface area contributed by atoms with Crippen LogP contribution in [-0.4, -0.2) is 9.55 Å². The number of H-pyrrole nitrogens is 1. The fourth-order valence-electron chi connectivity index (χ4n) is 3.18. The Morgan fingerprint density at radius 2 is 2.00 bits per heavy atom. The quantitative estimate of drug-likeness (QED) is 0.690. The van der Waals surface area contributed by atoms with Crippen LogP contribution in [0.15, 0.2) is 33.5 Å². The van der Waals surface area contributed by atoms with Crippen LogP contribution < -0.4 is 5.56 Å². The van der Waals surface area contributed by atoms with Gasteiger partial charge in [-0.25, -0.2) is 0 Å². The molecule has 0 amide bonds. The van der Waals surface area contributed by atoms with E-state index in [1.165, 1.54) is 0 Å². The maximum Gasteiger partial charge on any atom is 0.298 e. The van der Waals surface area contributed by atoms with Gasteiger partial charge in [-0.3, -0.25) is 9.36 Å². The number of benzene rings is 1. The van der Waals surface area contributed by atoms with Crippen molar-refractivity contribution in [2.24, 2.45) is 0 Å². The molecule has 1 fully saturated rings. The van der Waals surface area contributed by atoms with Gasteiger partial charge in [-0.1, -0.05) is 25.0 Å². The summed E-state index contributed by atoms with van der Waals surface area (Å²) in [4.78, 5) is 15.9. The normalized spacial score (nSPS) is 16.4. The molecule has 0 unspecified atom stereocenters. The zero-order valence-electron chi connectivity index (χ0n) is 10.9. The predicted molar refractivity (Wildman–Crippen MR) is 80.7 cm³/mol. The van der Waals surface area contributed by atoms with Gasteiger partial charge in [-0.05, 0) is 37.2 Å². The lowest BCUT2D eigenvalue weighted by molar-refractivity contribution is 0.486. The Labute approximate surface area is 120 Å². The number of nitrogens with one attached hydrogen (secondary N) is 1. The molecule has 1 saturated carbocycles. The van der Waals surface area contributed by atoms with Gasteiger partial charge in [-0.15, -0.1) is 0 Å². The number of nitrogens with zero attached hydrogens (tertiary/aromatic N) is 1. The molecule has 102 valence electrons. The summed E-state index contributed by atoms with van der Waals surface area (Å²) in [5.41, 5.74) is 1.71. The van der Waals surface area contributed by atoms with Crippen molar-refractivity contribution in [3.8, 4) is 0 Å². The molecule has 3 aromatic rings. The van der Waals surface area contributed by atoms with E-state index in [9.17, 15) is 4.79 Å². The maximum absolute atomic E-state index is 12.7. The first kappa shape index (κ1) is 11.9. The summed E-state index contributed by atoms with van der Waals surface area (Å²) in [6.07, 6.45) is 4.35. The van der Waals surface area contributed by atoms with Gasteiger partial charge in [0.2, 0.25) is 5.58 Å². The van der Waals surface area contributed by atoms with Crippen molar-refractivity contribution < 1.29 is 4.42 Å². The van der Waals surface area contributed by atoms with Gasteiger partial charge < -0.3 is 9.40 Å². The molecule has 0 bridgehead atoms. The molecule has 20 heavy (non-hydrogen) atoms. The summed E-state index contributed by atoms with van der Waals surface area (Å²) in [5.74, 6) is 0. The van der Waals surface area contributed by atoms with E-state index in [2.05, 4.69) is 4.98 Å². The minimum absolute atomic E-state index is 0.105. The monoisotopic (exact) mass is 286 g/mol. The topological polar surface area (TPSA) is 50.9 Å². The highest BCUT2D eigenvalue weighted by molar-refractivity contribution is 7.71. The lowest BCUT2D eigenvalue weighted by Crippen LogP contribution is -2.24. The first-order valence-electron chi connectivity index (χ1n) is 6.92. The van der Waals surface area contributed by atoms with Crippen LogP contribution in [0.5, 0.6) is 0 Å². The lowest BCUT2D eigenvalue weighted by Gasteiger charge is -2.12. The van der Waals surface area contributed by atoms with Gasteiger partial charge in [0.15, 0.2) is 4.77 Å². The predicted octanol–water partition coefficient (Wildman–Crippen LogP) is 3.92. The number of furan rings is 1. The Balaban J connectivity index is 2.10. The van der Waals surface area contributed by atoms with Crippen molar-refractivity contribution in [1.29, 1.82) is 0 Å². The summed E-state index contributed by atoms with van der Waals surface area (Å²) in [6, 6.07) is 7.84. The zero-order chi connectivity index (χ0) is 13.7. The Kier molecular flexibility index (Phi) is 2.57. The molecule has 0 saturated heterocycles. The Bertz CT molecular complexity index is 913. The van der Waals surface area contributed by atoms with Crippen molar-refractivity contribution >= 4 is 34.3 Å². The Morgan fingerprint density at radius 1 is 1.25 bits per heavy atom. The number of hydrogen-bond acceptors (Lipinski definition) is 3. The zero-order valence-corrected chi connectivity index (χ0v) is 11.7. The van der Waals surface area contributed by atoms with Crippen molar-refractivity contribution in [2.75, 3.05) is 0 Å². The van der Waals surface area contributed by atoms with Crippen LogP contribution in [0.3, 0.4) is 0 Å². The number of para-hydroxylation sites is 1. The Hall–Kier alpha value is -1.88. The summed E-state index contributed by atoms with van der Waals surface area (Å²) in [5, 5.41) is 0.907. The standard InChI is InChI=1S/C15H14N2O2S/c18-14-13-12(10-7-3-4-8-11(10)19-13)16-15(20)17(14)9-5-1-2-6-9/h3-4,7-9H,1-2,5-6H2,(H,16,20). The van der Waals surface area contributed by atoms with E-state index < -0.39 is 0 Å². The third kappa shape index (κ3) is 1.59. The van der Waals surface area contributed by atoms with E-state index >= 15 is 0 Å². The number of hydrogen-bond donors (Lipinski definition) is 1. The smallest absolute Gasteiger partial charge is 0.298 e. The summed E-state index contributed by atoms with van der Waals surface area (Å²) < 4.78 is 7.93. The SMILES string of the molecule is O=c1c2oc3ccccc3c2[nH]c(=S)n1C1CCCC1. The van der Waals surface area contributed by atoms with Crippen LogP contribution in [0, 0.1) is 4.77 Å². The van der Waals surface area contributed by atoms with Crippen molar-refractivity contribution in [2.45, 2.75) is 31.7 Å². The Morgan fingerprint density at radius 3 is 2.80 bits per heavy atom. The van der Waals surface area contributed by atoms with Crippen LogP contribution in [0.4, 0.5) is 0 Å². The molecule has 2 aromatic heterocycles. The molecule has 0 aliphatic heterocycles. The van der Waals surface area contributed by atoms with Crippen molar-refractivity contribution in [1.82, 2.24) is 9.55 Å². The molecule has 2 heterocycles. The van der Waals surface area contributed by atoms with Crippen molar-refractivity contribution in [3.63, 3.8) is 0 Å². The molecular weight excluding hydrogens is 272 g/mol. The molecule has 1 aromatic carbocycles. The second kappa shape index (κ2) is 4.31. The molecule has 5 heteroatoms. The molecule has 4 rings (SSSR count). The molecule has 0 radical (unpaired) electrons. The van der Waals surface area contributed by atoms with E-state index in [1.54, 1.807) is 4.57 Å². The lowest BCUT2D eigenvalue weighted by atomic mass is 10.2. The van der Waals surface area contributed by atoms with Crippen LogP contribution in [0.1, 0.15) is 31.7 Å². The van der Waals surface area contributed by atoms with E-state index in [1.807, 2.05) is 24.3 Å². The van der Waals surface area contributed by atoms with Gasteiger partial charge in [0.25, 0.3) is 5.56 Å². The van der Waals surface area contributed by atoms with Crippen LogP contribution in [0.25, 0.3) is 22.1 Å². The third-order valence-electron chi connectivity index (χ3n) is 4.15. The number of aromatic amines is 1. The highest BCUT2D eigenvalue weighted by Crippen LogP contribution is 2.30. The average Bonchev–Trinajstić information content (AvgIpc) is 3.07. The van der Waals surface area contributed by atoms with Gasteiger partial charge in [-0.2, -0.15) is 0 Å². The second-order valence-corrected chi connectivity index (χ2v) is 5.73. The first-order chi connectivity index (χ1) is 9.75. The van der Waals surface area contributed by atoms with E-state index in [4.69, 9.17) is 16.6 Å². The van der Waals surface area contributed by atoms with E-state index in [0.29, 0.717) is 15.9 Å². The summed E-state index contributed by atoms with van der Waals surface area (Å²) in [7, 11) is 0. The van der Waals surface area contributed by atoms with Gasteiger partial charge in [0.05, 0.1) is 0 Å². The van der Waals surface area contributed by atoms with E-state index in [0.717, 1.165) is 36.7 Å². The molecule has 1 aliphatic rings. The first-order valence-corrected chi connectivity index (χ1v) is 7.32. The molecule has 0 spiro atoms. The average molecular weight is 286 g/mol. The third-order valence-corrected chi connectivity index (χ3v) is 4.45. The highest BCUT2D eigenvalue weighted by Gasteiger charge is 2.22. The van der Waals surface area contributed by atoms with E-state index in [-0.39, 0.29) is 11.6 Å². The molecule has 1 N–H and O–H groups in total. The van der Waals surface area contributed by atoms with Gasteiger partial charge in [0, 0.05) is 11.4 Å². The highest BCUT2D eigenvalue weighted by atomic mass is 32.1. The molecular formula is C15H14N2O2S. The summed E-state index contributed by atoms with van der Waals surface area (Å²) >= 11 is 5.40. The minimum Gasteiger partial charge on any atom is -0.449 e. The fourth-order valence-corrected chi connectivity index (χ4v) is 3.52. The van der Waals surface area contributed by atoms with Crippen LogP contribution in [-0.2, 0) is 0 Å². The maximum atomic E-state index is 12.7. The number of rotatable bonds is 1.